The molecule has 0 spiro atoms. The first-order chi connectivity index (χ1) is 10.8. The number of rotatable bonds is 6. The highest BCUT2D eigenvalue weighted by molar-refractivity contribution is 5.94. The minimum atomic E-state index is -1.17. The fourth-order valence-electron chi connectivity index (χ4n) is 2.54. The van der Waals surface area contributed by atoms with Gasteiger partial charge in [-0.2, -0.15) is 0 Å². The molecule has 126 valence electrons. The lowest BCUT2D eigenvalue weighted by molar-refractivity contribution is -0.148. The highest BCUT2D eigenvalue weighted by Gasteiger charge is 2.30. The number of ether oxygens (including phenoxy) is 1. The summed E-state index contributed by atoms with van der Waals surface area (Å²) in [5, 5.41) is 11.5. The van der Waals surface area contributed by atoms with E-state index in [-0.39, 0.29) is 24.0 Å². The van der Waals surface area contributed by atoms with E-state index in [4.69, 9.17) is 9.84 Å². The average Bonchev–Trinajstić information content (AvgIpc) is 2.94. The van der Waals surface area contributed by atoms with Crippen molar-refractivity contribution < 1.29 is 23.8 Å². The molecule has 23 heavy (non-hydrogen) atoms. The van der Waals surface area contributed by atoms with Gasteiger partial charge in [-0.15, -0.1) is 0 Å². The zero-order valence-corrected chi connectivity index (χ0v) is 13.4. The summed E-state index contributed by atoms with van der Waals surface area (Å²) in [6.45, 7) is 2.93. The maximum atomic E-state index is 14.0. The molecule has 0 radical (unpaired) electrons. The van der Waals surface area contributed by atoms with Crippen LogP contribution in [0.2, 0.25) is 0 Å². The standard InChI is InChI=1S/C17H22FNO4/c1-17(2,16(21)22)10-15(20)19-11-7-8-14(13(18)9-11)23-12-5-3-4-6-12/h7-9,12H,3-6,10H2,1-2H3,(H,19,20)(H,21,22). The predicted octanol–water partition coefficient (Wildman–Crippen LogP) is 3.59. The molecule has 0 bridgehead atoms. The van der Waals surface area contributed by atoms with Crippen LogP contribution >= 0.6 is 0 Å². The molecule has 1 aliphatic rings. The lowest BCUT2D eigenvalue weighted by atomic mass is 9.89. The minimum Gasteiger partial charge on any atom is -0.487 e. The van der Waals surface area contributed by atoms with Crippen molar-refractivity contribution in [2.45, 2.75) is 52.1 Å². The number of hydrogen-bond donors (Lipinski definition) is 2. The summed E-state index contributed by atoms with van der Waals surface area (Å²) in [5.74, 6) is -1.88. The Morgan fingerprint density at radius 2 is 2.00 bits per heavy atom. The Bertz CT molecular complexity index is 594. The first-order valence-corrected chi connectivity index (χ1v) is 7.77. The maximum Gasteiger partial charge on any atom is 0.309 e. The first kappa shape index (κ1) is 17.2. The van der Waals surface area contributed by atoms with Crippen LogP contribution in [0.3, 0.4) is 0 Å². The van der Waals surface area contributed by atoms with Crippen LogP contribution in [-0.4, -0.2) is 23.1 Å². The Balaban J connectivity index is 1.97. The summed E-state index contributed by atoms with van der Waals surface area (Å²) in [4.78, 5) is 22.9. The molecule has 0 unspecified atom stereocenters. The summed E-state index contributed by atoms with van der Waals surface area (Å²) in [7, 11) is 0. The van der Waals surface area contributed by atoms with Crippen LogP contribution < -0.4 is 10.1 Å². The van der Waals surface area contributed by atoms with Gasteiger partial charge in [-0.25, -0.2) is 4.39 Å². The number of anilines is 1. The van der Waals surface area contributed by atoms with Crippen molar-refractivity contribution >= 4 is 17.6 Å². The van der Waals surface area contributed by atoms with Gasteiger partial charge in [-0.1, -0.05) is 0 Å². The molecule has 0 aromatic heterocycles. The molecular formula is C17H22FNO4. The van der Waals surface area contributed by atoms with E-state index in [1.807, 2.05) is 0 Å². The van der Waals surface area contributed by atoms with E-state index in [1.54, 1.807) is 6.07 Å². The maximum absolute atomic E-state index is 14.0. The van der Waals surface area contributed by atoms with E-state index >= 15 is 0 Å². The largest absolute Gasteiger partial charge is 0.487 e. The van der Waals surface area contributed by atoms with Gasteiger partial charge in [0.05, 0.1) is 11.5 Å². The zero-order chi connectivity index (χ0) is 17.0. The number of carbonyl (C=O) groups excluding carboxylic acids is 1. The molecule has 1 aromatic carbocycles. The number of carbonyl (C=O) groups is 2. The van der Waals surface area contributed by atoms with Gasteiger partial charge < -0.3 is 15.2 Å². The highest BCUT2D eigenvalue weighted by atomic mass is 19.1. The second kappa shape index (κ2) is 6.98. The number of benzene rings is 1. The van der Waals surface area contributed by atoms with Crippen molar-refractivity contribution in [2.75, 3.05) is 5.32 Å². The van der Waals surface area contributed by atoms with Gasteiger partial charge in [0.15, 0.2) is 11.6 Å². The fourth-order valence-corrected chi connectivity index (χ4v) is 2.54. The van der Waals surface area contributed by atoms with Crippen molar-refractivity contribution in [1.29, 1.82) is 0 Å². The van der Waals surface area contributed by atoms with Crippen LogP contribution in [0.25, 0.3) is 0 Å². The number of hydrogen-bond acceptors (Lipinski definition) is 3. The summed E-state index contributed by atoms with van der Waals surface area (Å²) in [5.41, 5.74) is -0.888. The van der Waals surface area contributed by atoms with E-state index in [0.29, 0.717) is 0 Å². The van der Waals surface area contributed by atoms with E-state index in [2.05, 4.69) is 5.32 Å². The second-order valence-electron chi connectivity index (χ2n) is 6.58. The molecule has 1 amide bonds. The lowest BCUT2D eigenvalue weighted by Crippen LogP contribution is -2.29. The van der Waals surface area contributed by atoms with Crippen molar-refractivity contribution in [1.82, 2.24) is 0 Å². The Hall–Kier alpha value is -2.11. The Morgan fingerprint density at radius 3 is 2.57 bits per heavy atom. The summed E-state index contributed by atoms with van der Waals surface area (Å²) >= 11 is 0. The van der Waals surface area contributed by atoms with Gasteiger partial charge in [0.25, 0.3) is 0 Å². The van der Waals surface area contributed by atoms with E-state index in [1.165, 1.54) is 26.0 Å². The van der Waals surface area contributed by atoms with Crippen LogP contribution in [0.5, 0.6) is 5.75 Å². The highest BCUT2D eigenvalue weighted by Crippen LogP contribution is 2.28. The summed E-state index contributed by atoms with van der Waals surface area (Å²) in [6, 6.07) is 4.24. The molecule has 2 N–H and O–H groups in total. The average molecular weight is 323 g/mol. The minimum absolute atomic E-state index is 0.0568. The van der Waals surface area contributed by atoms with Crippen molar-refractivity contribution in [3.05, 3.63) is 24.0 Å². The fraction of sp³-hybridized carbons (Fsp3) is 0.529. The zero-order valence-electron chi connectivity index (χ0n) is 13.4. The van der Waals surface area contributed by atoms with Gasteiger partial charge in [-0.05, 0) is 51.7 Å². The lowest BCUT2D eigenvalue weighted by Gasteiger charge is -2.18. The van der Waals surface area contributed by atoms with Crippen molar-refractivity contribution in [3.63, 3.8) is 0 Å². The topological polar surface area (TPSA) is 75.6 Å². The predicted molar refractivity (Wildman–Crippen MR) is 83.9 cm³/mol. The molecule has 0 saturated heterocycles. The van der Waals surface area contributed by atoms with Gasteiger partial charge in [0.2, 0.25) is 5.91 Å². The van der Waals surface area contributed by atoms with Crippen LogP contribution in [0, 0.1) is 11.2 Å². The number of aliphatic carboxylic acids is 1. The number of amides is 1. The van der Waals surface area contributed by atoms with Gasteiger partial charge in [0, 0.05) is 18.2 Å². The summed E-state index contributed by atoms with van der Waals surface area (Å²) in [6.07, 6.45) is 3.93. The van der Waals surface area contributed by atoms with Crippen LogP contribution in [0.15, 0.2) is 18.2 Å². The molecule has 1 saturated carbocycles. The number of carboxylic acid groups (broad SMARTS) is 1. The molecule has 2 rings (SSSR count). The Kier molecular flexibility index (Phi) is 5.23. The molecule has 1 fully saturated rings. The molecule has 5 nitrogen and oxygen atoms in total. The molecule has 1 aliphatic carbocycles. The van der Waals surface area contributed by atoms with Gasteiger partial charge in [-0.3, -0.25) is 9.59 Å². The Morgan fingerprint density at radius 1 is 1.35 bits per heavy atom. The quantitative estimate of drug-likeness (QED) is 0.839. The van der Waals surface area contributed by atoms with Gasteiger partial charge >= 0.3 is 5.97 Å². The van der Waals surface area contributed by atoms with E-state index < -0.39 is 23.1 Å². The second-order valence-corrected chi connectivity index (χ2v) is 6.58. The first-order valence-electron chi connectivity index (χ1n) is 7.77. The molecule has 1 aromatic rings. The van der Waals surface area contributed by atoms with Crippen LogP contribution in [-0.2, 0) is 9.59 Å². The molecule has 0 heterocycles. The molecule has 0 aliphatic heterocycles. The number of carboxylic acids is 1. The monoisotopic (exact) mass is 323 g/mol. The molecule has 0 atom stereocenters. The third-order valence-electron chi connectivity index (χ3n) is 3.99. The number of halogens is 1. The SMILES string of the molecule is CC(C)(CC(=O)Nc1ccc(OC2CCCC2)c(F)c1)C(=O)O. The molecular weight excluding hydrogens is 301 g/mol. The van der Waals surface area contributed by atoms with E-state index in [9.17, 15) is 14.0 Å². The smallest absolute Gasteiger partial charge is 0.309 e. The Labute approximate surface area is 134 Å². The number of nitrogens with one attached hydrogen (secondary N) is 1. The van der Waals surface area contributed by atoms with Crippen LogP contribution in [0.1, 0.15) is 46.0 Å². The van der Waals surface area contributed by atoms with Crippen molar-refractivity contribution in [2.24, 2.45) is 5.41 Å². The van der Waals surface area contributed by atoms with Crippen LogP contribution in [0.4, 0.5) is 10.1 Å². The molecule has 6 heteroatoms. The van der Waals surface area contributed by atoms with Gasteiger partial charge in [0.1, 0.15) is 0 Å². The van der Waals surface area contributed by atoms with E-state index in [0.717, 1.165) is 25.7 Å². The third kappa shape index (κ3) is 4.68. The third-order valence-corrected chi connectivity index (χ3v) is 3.99. The van der Waals surface area contributed by atoms with Crippen molar-refractivity contribution in [3.8, 4) is 5.75 Å². The summed E-state index contributed by atoms with van der Waals surface area (Å²) < 4.78 is 19.7. The normalized spacial score (nSPS) is 15.4.